The number of hydrogen-bond acceptors (Lipinski definition) is 7. The number of benzene rings is 3. The number of carbonyl (C=O) groups is 3. The molecule has 0 saturated carbocycles. The zero-order chi connectivity index (χ0) is 27.1. The molecule has 0 radical (unpaired) electrons. The van der Waals surface area contributed by atoms with Crippen LogP contribution in [0.15, 0.2) is 88.7 Å². The van der Waals surface area contributed by atoms with Crippen LogP contribution in [0.2, 0.25) is 5.02 Å². The van der Waals surface area contributed by atoms with Gasteiger partial charge >= 0.3 is 4.87 Å². The van der Waals surface area contributed by atoms with Crippen molar-refractivity contribution < 1.29 is 19.1 Å². The fourth-order valence-corrected chi connectivity index (χ4v) is 7.53. The number of aromatic amines is 1. The Balaban J connectivity index is 1.30. The second kappa shape index (κ2) is 10.4. The van der Waals surface area contributed by atoms with Gasteiger partial charge in [0, 0.05) is 21.5 Å². The number of para-hydroxylation sites is 1. The van der Waals surface area contributed by atoms with Gasteiger partial charge in [0.15, 0.2) is 6.61 Å². The average molecular weight is 578 g/mol. The molecular formula is C28H20ClN3O5S2. The lowest BCUT2D eigenvalue weighted by molar-refractivity contribution is -0.122. The number of amides is 3. The Hall–Kier alpha value is -3.86. The molecule has 196 valence electrons. The number of imide groups is 1. The molecule has 3 atom stereocenters. The number of thiazole rings is 1. The maximum absolute atomic E-state index is 13.8. The molecule has 1 fully saturated rings. The third kappa shape index (κ3) is 4.87. The molecule has 2 aliphatic heterocycles. The van der Waals surface area contributed by atoms with E-state index in [1.54, 1.807) is 54.6 Å². The summed E-state index contributed by atoms with van der Waals surface area (Å²) in [4.78, 5) is 56.5. The van der Waals surface area contributed by atoms with Crippen LogP contribution in [0.25, 0.3) is 0 Å². The van der Waals surface area contributed by atoms with Crippen molar-refractivity contribution in [2.75, 3.05) is 16.8 Å². The molecule has 39 heavy (non-hydrogen) atoms. The number of ether oxygens (including phenoxy) is 1. The molecule has 1 saturated heterocycles. The van der Waals surface area contributed by atoms with Crippen molar-refractivity contribution in [2.45, 2.75) is 16.2 Å². The maximum atomic E-state index is 13.8. The van der Waals surface area contributed by atoms with E-state index in [1.807, 2.05) is 24.3 Å². The van der Waals surface area contributed by atoms with E-state index in [0.717, 1.165) is 11.3 Å². The molecule has 2 aliphatic rings. The van der Waals surface area contributed by atoms with Crippen molar-refractivity contribution >= 4 is 63.8 Å². The van der Waals surface area contributed by atoms with E-state index in [-0.39, 0.29) is 29.2 Å². The topological polar surface area (TPSA) is 109 Å². The van der Waals surface area contributed by atoms with E-state index in [4.69, 9.17) is 16.3 Å². The minimum absolute atomic E-state index is 0.213. The molecule has 3 unspecified atom stereocenters. The average Bonchev–Trinajstić information content (AvgIpc) is 3.43. The van der Waals surface area contributed by atoms with E-state index < -0.39 is 17.1 Å². The van der Waals surface area contributed by atoms with Gasteiger partial charge in [-0.2, -0.15) is 0 Å². The van der Waals surface area contributed by atoms with E-state index in [2.05, 4.69) is 10.3 Å². The van der Waals surface area contributed by atoms with Gasteiger partial charge in [-0.15, -0.1) is 0 Å². The van der Waals surface area contributed by atoms with Crippen molar-refractivity contribution in [1.82, 2.24) is 4.98 Å². The summed E-state index contributed by atoms with van der Waals surface area (Å²) < 4.78 is 5.77. The fourth-order valence-electron chi connectivity index (χ4n) is 4.89. The van der Waals surface area contributed by atoms with Gasteiger partial charge in [0.05, 0.1) is 16.6 Å². The van der Waals surface area contributed by atoms with E-state index >= 15 is 0 Å². The smallest absolute Gasteiger partial charge is 0.305 e. The highest BCUT2D eigenvalue weighted by Gasteiger charge is 2.56. The summed E-state index contributed by atoms with van der Waals surface area (Å²) in [5.41, 5.74) is 1.82. The third-order valence-electron chi connectivity index (χ3n) is 6.55. The van der Waals surface area contributed by atoms with Gasteiger partial charge in [-0.3, -0.25) is 19.2 Å². The van der Waals surface area contributed by atoms with Crippen molar-refractivity contribution in [1.29, 1.82) is 0 Å². The van der Waals surface area contributed by atoms with Gasteiger partial charge in [0.2, 0.25) is 11.8 Å². The number of hydrogen-bond donors (Lipinski definition) is 2. The number of rotatable bonds is 6. The lowest BCUT2D eigenvalue weighted by Gasteiger charge is -2.30. The number of carbonyl (C=O) groups excluding carboxylic acids is 3. The molecule has 0 aliphatic carbocycles. The van der Waals surface area contributed by atoms with Crippen LogP contribution in [-0.2, 0) is 14.4 Å². The molecule has 11 heteroatoms. The number of anilines is 2. The largest absolute Gasteiger partial charge is 0.484 e. The lowest BCUT2D eigenvalue weighted by atomic mass is 9.83. The van der Waals surface area contributed by atoms with Crippen molar-refractivity contribution in [3.8, 4) is 5.75 Å². The minimum atomic E-state index is -0.728. The molecule has 3 aromatic carbocycles. The Kier molecular flexibility index (Phi) is 6.76. The molecule has 0 bridgehead atoms. The van der Waals surface area contributed by atoms with Gasteiger partial charge < -0.3 is 15.0 Å². The lowest BCUT2D eigenvalue weighted by Crippen LogP contribution is -2.32. The molecule has 4 aromatic rings. The maximum Gasteiger partial charge on any atom is 0.305 e. The first-order valence-electron chi connectivity index (χ1n) is 12.0. The first-order valence-corrected chi connectivity index (χ1v) is 14.1. The SMILES string of the molecule is O=C(COc1cccc(C2c3sc(=O)[nH]c3SC3C(=O)N(c4ccc(Cl)cc4)C(=O)C32)c1)Nc1ccccc1. The van der Waals surface area contributed by atoms with Crippen LogP contribution in [0.4, 0.5) is 11.4 Å². The molecular weight excluding hydrogens is 558 g/mol. The number of nitrogens with zero attached hydrogens (tertiary/aromatic N) is 1. The summed E-state index contributed by atoms with van der Waals surface area (Å²) in [6.45, 7) is -0.213. The van der Waals surface area contributed by atoms with Crippen LogP contribution in [0.3, 0.4) is 0 Å². The van der Waals surface area contributed by atoms with E-state index in [1.165, 1.54) is 16.7 Å². The second-order valence-corrected chi connectivity index (χ2v) is 11.6. The number of halogens is 1. The van der Waals surface area contributed by atoms with E-state index in [0.29, 0.717) is 37.6 Å². The van der Waals surface area contributed by atoms with Crippen LogP contribution >= 0.6 is 34.7 Å². The molecule has 6 rings (SSSR count). The fraction of sp³-hybridized carbons (Fsp3) is 0.143. The van der Waals surface area contributed by atoms with Crippen LogP contribution in [-0.4, -0.2) is 34.6 Å². The Morgan fingerprint density at radius 3 is 2.51 bits per heavy atom. The first kappa shape index (κ1) is 25.4. The van der Waals surface area contributed by atoms with Crippen molar-refractivity contribution in [3.63, 3.8) is 0 Å². The highest BCUT2D eigenvalue weighted by Crippen LogP contribution is 2.53. The monoisotopic (exact) mass is 577 g/mol. The normalized spacial score (nSPS) is 19.9. The number of thioether (sulfide) groups is 1. The number of nitrogens with one attached hydrogen (secondary N) is 2. The van der Waals surface area contributed by atoms with Crippen LogP contribution in [0, 0.1) is 5.92 Å². The zero-order valence-corrected chi connectivity index (χ0v) is 22.5. The number of aromatic nitrogens is 1. The minimum Gasteiger partial charge on any atom is -0.484 e. The summed E-state index contributed by atoms with van der Waals surface area (Å²) in [5.74, 6) is -1.85. The number of H-pyrrole nitrogens is 1. The number of fused-ring (bicyclic) bond motifs is 2. The summed E-state index contributed by atoms with van der Waals surface area (Å²) in [5, 5.41) is 3.14. The molecule has 8 nitrogen and oxygen atoms in total. The van der Waals surface area contributed by atoms with Gasteiger partial charge in [0.25, 0.3) is 5.91 Å². The standard InChI is InChI=1S/C28H20ClN3O5S2/c29-16-9-11-18(12-10-16)32-26(34)22-21(23-25(31-28(36)39-23)38-24(22)27(32)35)15-5-4-8-19(13-15)37-14-20(33)30-17-6-2-1-3-7-17/h1-13,21-22,24H,14H2,(H,30,33)(H,31,36). The first-order chi connectivity index (χ1) is 18.9. The van der Waals surface area contributed by atoms with Gasteiger partial charge in [0.1, 0.15) is 11.0 Å². The van der Waals surface area contributed by atoms with E-state index in [9.17, 15) is 19.2 Å². The summed E-state index contributed by atoms with van der Waals surface area (Å²) in [7, 11) is 0. The second-order valence-electron chi connectivity index (χ2n) is 9.01. The molecule has 3 amide bonds. The third-order valence-corrected chi connectivity index (χ3v) is 9.21. The Labute approximate surface area is 236 Å². The van der Waals surface area contributed by atoms with Crippen LogP contribution in [0.1, 0.15) is 16.4 Å². The highest BCUT2D eigenvalue weighted by atomic mass is 35.5. The summed E-state index contributed by atoms with van der Waals surface area (Å²) in [6.07, 6.45) is 0. The van der Waals surface area contributed by atoms with Gasteiger partial charge in [-0.25, -0.2) is 4.90 Å². The van der Waals surface area contributed by atoms with Crippen molar-refractivity contribution in [2.24, 2.45) is 5.92 Å². The molecule has 3 heterocycles. The van der Waals surface area contributed by atoms with Crippen molar-refractivity contribution in [3.05, 3.63) is 104 Å². The van der Waals surface area contributed by atoms with Gasteiger partial charge in [-0.1, -0.05) is 65.0 Å². The van der Waals surface area contributed by atoms with Crippen LogP contribution < -0.4 is 19.8 Å². The highest BCUT2D eigenvalue weighted by molar-refractivity contribution is 8.00. The Bertz CT molecular complexity index is 1640. The summed E-state index contributed by atoms with van der Waals surface area (Å²) in [6, 6.07) is 22.7. The molecule has 2 N–H and O–H groups in total. The predicted octanol–water partition coefficient (Wildman–Crippen LogP) is 4.90. The van der Waals surface area contributed by atoms with Gasteiger partial charge in [-0.05, 0) is 54.1 Å². The summed E-state index contributed by atoms with van der Waals surface area (Å²) >= 11 is 8.26. The zero-order valence-electron chi connectivity index (χ0n) is 20.1. The molecule has 0 spiro atoms. The molecule has 1 aromatic heterocycles. The Morgan fingerprint density at radius 2 is 1.74 bits per heavy atom. The van der Waals surface area contributed by atoms with Crippen LogP contribution in [0.5, 0.6) is 5.75 Å². The predicted molar refractivity (Wildman–Crippen MR) is 151 cm³/mol. The quantitative estimate of drug-likeness (QED) is 0.316. The Morgan fingerprint density at radius 1 is 0.974 bits per heavy atom.